The molecule has 0 aromatic heterocycles. The van der Waals surface area contributed by atoms with Crippen LogP contribution < -0.4 is 5.32 Å². The fourth-order valence-corrected chi connectivity index (χ4v) is 2.75. The second-order valence-corrected chi connectivity index (χ2v) is 6.34. The maximum Gasteiger partial charge on any atom is 0.307 e. The lowest BCUT2D eigenvalue weighted by molar-refractivity contribution is -0.144. The molecule has 2 N–H and O–H groups in total. The summed E-state index contributed by atoms with van der Waals surface area (Å²) in [6, 6.07) is 14.0. The van der Waals surface area contributed by atoms with E-state index in [1.165, 1.54) is 6.07 Å². The third kappa shape index (κ3) is 4.73. The summed E-state index contributed by atoms with van der Waals surface area (Å²) in [4.78, 5) is 23.8. The van der Waals surface area contributed by atoms with E-state index in [1.807, 2.05) is 30.3 Å². The van der Waals surface area contributed by atoms with Crippen molar-refractivity contribution in [1.82, 2.24) is 0 Å². The summed E-state index contributed by atoms with van der Waals surface area (Å²) in [5, 5.41) is 12.8. The van der Waals surface area contributed by atoms with Gasteiger partial charge in [-0.1, -0.05) is 60.5 Å². The van der Waals surface area contributed by atoms with Gasteiger partial charge in [0.1, 0.15) is 0 Å². The Morgan fingerprint density at radius 2 is 1.75 bits per heavy atom. The second-order valence-electron chi connectivity index (χ2n) is 5.53. The minimum atomic E-state index is -1.00. The highest BCUT2D eigenvalue weighted by Gasteiger charge is 2.28. The van der Waals surface area contributed by atoms with Crippen molar-refractivity contribution < 1.29 is 14.7 Å². The number of anilines is 1. The lowest BCUT2D eigenvalue weighted by Gasteiger charge is -2.20. The van der Waals surface area contributed by atoms with E-state index in [2.05, 4.69) is 5.32 Å². The molecule has 0 saturated carbocycles. The van der Waals surface area contributed by atoms with E-state index < -0.39 is 11.9 Å². The quantitative estimate of drug-likeness (QED) is 0.770. The number of amides is 1. The Hall–Kier alpha value is -2.04. The minimum absolute atomic E-state index is 0.133. The first kappa shape index (κ1) is 18.3. The molecule has 2 aromatic rings. The van der Waals surface area contributed by atoms with Gasteiger partial charge in [0, 0.05) is 12.1 Å². The summed E-state index contributed by atoms with van der Waals surface area (Å²) in [5.41, 5.74) is 1.36. The number of carboxylic acids is 1. The van der Waals surface area contributed by atoms with Crippen LogP contribution in [0.1, 0.15) is 24.8 Å². The average molecular weight is 366 g/mol. The van der Waals surface area contributed by atoms with Gasteiger partial charge in [-0.05, 0) is 29.7 Å². The van der Waals surface area contributed by atoms with Crippen molar-refractivity contribution in [3.05, 3.63) is 64.1 Å². The Bertz CT molecular complexity index is 734. The SMILES string of the molecule is C[C@H](c1ccccc1)[C@@H](CC(=O)Nc1ccc(Cl)c(Cl)c1)C(=O)O. The standard InChI is InChI=1S/C18H17Cl2NO3/c1-11(12-5-3-2-4-6-12)14(18(23)24)10-17(22)21-13-7-8-15(19)16(20)9-13/h2-9,11,14H,10H2,1H3,(H,21,22)(H,23,24)/t11-,14-/m1/s1. The molecule has 0 radical (unpaired) electrons. The first-order valence-corrected chi connectivity index (χ1v) is 8.16. The Balaban J connectivity index is 2.08. The molecule has 0 saturated heterocycles. The van der Waals surface area contributed by atoms with E-state index in [1.54, 1.807) is 19.1 Å². The highest BCUT2D eigenvalue weighted by Crippen LogP contribution is 2.28. The van der Waals surface area contributed by atoms with Crippen molar-refractivity contribution in [3.63, 3.8) is 0 Å². The van der Waals surface area contributed by atoms with E-state index in [-0.39, 0.29) is 18.2 Å². The zero-order valence-electron chi connectivity index (χ0n) is 13.0. The molecule has 1 amide bonds. The van der Waals surface area contributed by atoms with Gasteiger partial charge in [-0.2, -0.15) is 0 Å². The van der Waals surface area contributed by atoms with Gasteiger partial charge in [0.15, 0.2) is 0 Å². The highest BCUT2D eigenvalue weighted by molar-refractivity contribution is 6.42. The monoisotopic (exact) mass is 365 g/mol. The number of nitrogens with one attached hydrogen (secondary N) is 1. The first-order valence-electron chi connectivity index (χ1n) is 7.41. The third-order valence-corrected chi connectivity index (χ3v) is 4.59. The van der Waals surface area contributed by atoms with Crippen LogP contribution in [0.4, 0.5) is 5.69 Å². The van der Waals surface area contributed by atoms with E-state index in [4.69, 9.17) is 23.2 Å². The molecule has 2 rings (SSSR count). The molecule has 0 unspecified atom stereocenters. The molecular formula is C18H17Cl2NO3. The average Bonchev–Trinajstić information content (AvgIpc) is 2.56. The zero-order chi connectivity index (χ0) is 17.7. The Kier molecular flexibility index (Phi) is 6.23. The maximum atomic E-state index is 12.2. The lowest BCUT2D eigenvalue weighted by atomic mass is 9.85. The molecule has 0 bridgehead atoms. The molecule has 0 aliphatic heterocycles. The van der Waals surface area contributed by atoms with Crippen LogP contribution in [0.3, 0.4) is 0 Å². The highest BCUT2D eigenvalue weighted by atomic mass is 35.5. The number of carbonyl (C=O) groups excluding carboxylic acids is 1. The van der Waals surface area contributed by atoms with Gasteiger partial charge >= 0.3 is 5.97 Å². The van der Waals surface area contributed by atoms with Crippen LogP contribution in [0.5, 0.6) is 0 Å². The van der Waals surface area contributed by atoms with Crippen molar-refractivity contribution in [2.24, 2.45) is 5.92 Å². The van der Waals surface area contributed by atoms with Crippen LogP contribution >= 0.6 is 23.2 Å². The van der Waals surface area contributed by atoms with Crippen molar-refractivity contribution in [1.29, 1.82) is 0 Å². The van der Waals surface area contributed by atoms with Gasteiger partial charge in [-0.3, -0.25) is 9.59 Å². The minimum Gasteiger partial charge on any atom is -0.481 e. The van der Waals surface area contributed by atoms with Crippen LogP contribution in [0.25, 0.3) is 0 Å². The van der Waals surface area contributed by atoms with Crippen molar-refractivity contribution in [2.75, 3.05) is 5.32 Å². The van der Waals surface area contributed by atoms with E-state index in [0.29, 0.717) is 15.7 Å². The molecular weight excluding hydrogens is 349 g/mol. The van der Waals surface area contributed by atoms with Crippen molar-refractivity contribution in [2.45, 2.75) is 19.3 Å². The van der Waals surface area contributed by atoms with Gasteiger partial charge < -0.3 is 10.4 Å². The number of carboxylic acid groups (broad SMARTS) is 1. The summed E-state index contributed by atoms with van der Waals surface area (Å²) >= 11 is 11.7. The topological polar surface area (TPSA) is 66.4 Å². The number of hydrogen-bond acceptors (Lipinski definition) is 2. The number of carbonyl (C=O) groups is 2. The molecule has 0 aliphatic rings. The molecule has 6 heteroatoms. The summed E-state index contributed by atoms with van der Waals surface area (Å²) in [6.45, 7) is 1.81. The molecule has 126 valence electrons. The summed E-state index contributed by atoms with van der Waals surface area (Å²) in [6.07, 6.45) is -0.133. The number of rotatable bonds is 6. The van der Waals surface area contributed by atoms with Crippen LogP contribution in [-0.4, -0.2) is 17.0 Å². The molecule has 0 fully saturated rings. The number of hydrogen-bond donors (Lipinski definition) is 2. The Morgan fingerprint density at radius 1 is 1.08 bits per heavy atom. The summed E-state index contributed by atoms with van der Waals surface area (Å²) in [5.74, 6) is -2.50. The molecule has 4 nitrogen and oxygen atoms in total. The van der Waals surface area contributed by atoms with Crippen LogP contribution in [0, 0.1) is 5.92 Å². The third-order valence-electron chi connectivity index (χ3n) is 3.85. The first-order chi connectivity index (χ1) is 11.4. The van der Waals surface area contributed by atoms with E-state index in [9.17, 15) is 14.7 Å². The van der Waals surface area contributed by atoms with Crippen LogP contribution in [0.15, 0.2) is 48.5 Å². The molecule has 0 heterocycles. The van der Waals surface area contributed by atoms with Crippen molar-refractivity contribution in [3.8, 4) is 0 Å². The molecule has 0 aliphatic carbocycles. The van der Waals surface area contributed by atoms with Crippen molar-refractivity contribution >= 4 is 40.8 Å². The fraction of sp³-hybridized carbons (Fsp3) is 0.222. The largest absolute Gasteiger partial charge is 0.481 e. The van der Waals surface area contributed by atoms with E-state index in [0.717, 1.165) is 5.56 Å². The number of aliphatic carboxylic acids is 1. The molecule has 2 aromatic carbocycles. The Labute approximate surface area is 150 Å². The van der Waals surface area contributed by atoms with E-state index >= 15 is 0 Å². The smallest absolute Gasteiger partial charge is 0.307 e. The maximum absolute atomic E-state index is 12.2. The number of halogens is 2. The molecule has 2 atom stereocenters. The summed E-state index contributed by atoms with van der Waals surface area (Å²) in [7, 11) is 0. The normalized spacial score (nSPS) is 13.1. The Morgan fingerprint density at radius 3 is 2.33 bits per heavy atom. The van der Waals surface area contributed by atoms with Crippen LogP contribution in [0.2, 0.25) is 10.0 Å². The second kappa shape index (κ2) is 8.18. The predicted octanol–water partition coefficient (Wildman–Crippen LogP) is 4.83. The fourth-order valence-electron chi connectivity index (χ4n) is 2.45. The number of benzene rings is 2. The predicted molar refractivity (Wildman–Crippen MR) is 95.7 cm³/mol. The van der Waals surface area contributed by atoms with Gasteiger partial charge in [-0.25, -0.2) is 0 Å². The van der Waals surface area contributed by atoms with Gasteiger partial charge in [-0.15, -0.1) is 0 Å². The lowest BCUT2D eigenvalue weighted by Crippen LogP contribution is -2.26. The molecule has 24 heavy (non-hydrogen) atoms. The van der Waals surface area contributed by atoms with Gasteiger partial charge in [0.25, 0.3) is 0 Å². The van der Waals surface area contributed by atoms with Gasteiger partial charge in [0.2, 0.25) is 5.91 Å². The zero-order valence-corrected chi connectivity index (χ0v) is 14.5. The van der Waals surface area contributed by atoms with Gasteiger partial charge in [0.05, 0.1) is 16.0 Å². The summed E-state index contributed by atoms with van der Waals surface area (Å²) < 4.78 is 0. The molecule has 0 spiro atoms. The van der Waals surface area contributed by atoms with Crippen LogP contribution in [-0.2, 0) is 9.59 Å².